The van der Waals surface area contributed by atoms with Crippen molar-refractivity contribution in [2.45, 2.75) is 207 Å². The second kappa shape index (κ2) is 56.9. The van der Waals surface area contributed by atoms with E-state index in [9.17, 15) is 52.8 Å². The highest BCUT2D eigenvalue weighted by Crippen LogP contribution is 2.41. The molecule has 126 heavy (non-hydrogen) atoms. The van der Waals surface area contributed by atoms with Crippen LogP contribution in [0.25, 0.3) is 33.4 Å². The van der Waals surface area contributed by atoms with Crippen LogP contribution in [0.1, 0.15) is 227 Å². The van der Waals surface area contributed by atoms with Crippen LogP contribution in [0.2, 0.25) is 0 Å². The van der Waals surface area contributed by atoms with E-state index in [-0.39, 0.29) is 77.4 Å². The molecular formula is C104H126ClF3O18. The number of aliphatic carboxylic acids is 2. The summed E-state index contributed by atoms with van der Waals surface area (Å²) in [4.78, 5) is 45.1. The largest absolute Gasteiger partial charge is 0.508 e. The predicted octanol–water partition coefficient (Wildman–Crippen LogP) is 26.3. The fraction of sp³-hybridized carbons (Fsp3) is 0.385. The van der Waals surface area contributed by atoms with Gasteiger partial charge in [0.15, 0.2) is 0 Å². The number of benzene rings is 10. The maximum Gasteiger partial charge on any atom is 0.306 e. The highest BCUT2D eigenvalue weighted by Gasteiger charge is 2.23. The standard InChI is InChI=1S/2C30H35FO5.C18H20ClFO2.2C13H18O3/c2*1-4-6-15-35-29-16-21(11-13-26(29)27-19-24(34-3)12-14-28(27)31)20-36-25-10-7-9-23(17-25)22(8-5-2)18-30(32)33;1-3-4-9-22-18-10-13(12-19)5-7-15(18)16-11-14(21-2)6-8-17(16)20;2*1-3-5-10(9-13(15)16-2)11-6-4-7-12(14)8-11/h2*7,9-14,16-17,19,22H,4-6,8,15,18,20H2,1-3H3,(H,32,33);5-8,10-11H,3-4,9,12H2,1-2H3;2*4,6-8,10,14H,3,5,9H2,1-2H3/t2*22-;;2*10-/m10.10/s1. The average Bonchev–Trinajstić information content (AvgIpc) is 0.818. The number of hydrogen-bond donors (Lipinski definition) is 4. The molecule has 10 rings (SSSR count). The van der Waals surface area contributed by atoms with Gasteiger partial charge < -0.3 is 67.8 Å². The van der Waals surface area contributed by atoms with Crippen molar-refractivity contribution in [3.05, 3.63) is 263 Å². The van der Waals surface area contributed by atoms with Crippen LogP contribution in [0.15, 0.2) is 206 Å². The summed E-state index contributed by atoms with van der Waals surface area (Å²) in [6.07, 6.45) is 13.9. The van der Waals surface area contributed by atoms with E-state index >= 15 is 0 Å². The van der Waals surface area contributed by atoms with Gasteiger partial charge in [-0.05, 0) is 229 Å². The van der Waals surface area contributed by atoms with Gasteiger partial charge in [-0.15, -0.1) is 11.6 Å². The smallest absolute Gasteiger partial charge is 0.306 e. The minimum Gasteiger partial charge on any atom is -0.508 e. The second-order valence-electron chi connectivity index (χ2n) is 30.4. The summed E-state index contributed by atoms with van der Waals surface area (Å²) in [5.41, 5.74) is 9.95. The molecule has 0 aliphatic heterocycles. The quantitative estimate of drug-likeness (QED) is 0.0157. The molecule has 10 aromatic carbocycles. The molecule has 0 aromatic heterocycles. The molecule has 0 saturated heterocycles. The number of carbonyl (C=O) groups is 4. The monoisotopic (exact) mass is 1750 g/mol. The minimum atomic E-state index is -0.803. The molecule has 0 radical (unpaired) electrons. The van der Waals surface area contributed by atoms with Crippen LogP contribution >= 0.6 is 11.6 Å². The van der Waals surface area contributed by atoms with Crippen LogP contribution in [0.4, 0.5) is 13.2 Å². The number of carboxylic acid groups (broad SMARTS) is 2. The summed E-state index contributed by atoms with van der Waals surface area (Å²) in [7, 11) is 7.46. The molecule has 0 unspecified atom stereocenters. The zero-order valence-corrected chi connectivity index (χ0v) is 75.7. The number of esters is 2. The van der Waals surface area contributed by atoms with Crippen LogP contribution < -0.4 is 37.9 Å². The highest BCUT2D eigenvalue weighted by molar-refractivity contribution is 6.17. The number of rotatable bonds is 45. The summed E-state index contributed by atoms with van der Waals surface area (Å²) in [6, 6.07) is 60.2. The van der Waals surface area contributed by atoms with E-state index in [1.807, 2.05) is 115 Å². The van der Waals surface area contributed by atoms with Crippen LogP contribution in [0.5, 0.6) is 57.5 Å². The van der Waals surface area contributed by atoms with E-state index in [1.54, 1.807) is 94.1 Å². The molecule has 678 valence electrons. The Bertz CT molecular complexity index is 4710. The Balaban J connectivity index is 0.000000254. The number of phenols is 2. The van der Waals surface area contributed by atoms with E-state index in [4.69, 9.17) is 49.5 Å². The maximum absolute atomic E-state index is 14.7. The molecule has 0 aliphatic carbocycles. The molecule has 0 saturated carbocycles. The molecule has 4 atom stereocenters. The zero-order chi connectivity index (χ0) is 91.7. The minimum absolute atomic E-state index is 0.0494. The third kappa shape index (κ3) is 34.9. The molecular weight excluding hydrogens is 1630 g/mol. The highest BCUT2D eigenvalue weighted by atomic mass is 35.5. The molecule has 4 N–H and O–H groups in total. The number of halogens is 4. The topological polar surface area (TPSA) is 241 Å². The van der Waals surface area contributed by atoms with E-state index in [1.165, 1.54) is 32.4 Å². The Morgan fingerprint density at radius 3 is 0.913 bits per heavy atom. The van der Waals surface area contributed by atoms with Crippen molar-refractivity contribution in [1.82, 2.24) is 0 Å². The SMILES string of the molecule is CCCCOc1cc(CCl)ccc1-c1cc(OC)ccc1F.CCCCOc1cc(COc2cccc([C@@H](CCC)CC(=O)O)c2)ccc1-c1cc(OC)ccc1F.CCCCOc1cc(COc2cccc([C@H](CCC)CC(=O)O)c2)ccc1-c1cc(OC)ccc1F.CCC[C@@H](CC(=O)OC)c1cccc(O)c1.CCC[C@H](CC(=O)OC)c1cccc(O)c1. The molecule has 18 nitrogen and oxygen atoms in total. The van der Waals surface area contributed by atoms with Crippen LogP contribution in [-0.2, 0) is 47.7 Å². The lowest BCUT2D eigenvalue weighted by atomic mass is 9.91. The Morgan fingerprint density at radius 1 is 0.325 bits per heavy atom. The molecule has 22 heteroatoms. The van der Waals surface area contributed by atoms with Gasteiger partial charge in [-0.2, -0.15) is 0 Å². The molecule has 0 fully saturated rings. The van der Waals surface area contributed by atoms with Gasteiger partial charge in [0.2, 0.25) is 0 Å². The number of phenolic OH excluding ortho intramolecular Hbond substituents is 2. The molecule has 0 bridgehead atoms. The summed E-state index contributed by atoms with van der Waals surface area (Å²) in [5.74, 6) is 2.95. The lowest BCUT2D eigenvalue weighted by Crippen LogP contribution is -2.08. The van der Waals surface area contributed by atoms with E-state index < -0.39 is 11.9 Å². The Kier molecular flexibility index (Phi) is 46.5. The van der Waals surface area contributed by atoms with Gasteiger partial charge in [0, 0.05) is 39.3 Å². The number of carboxylic acids is 2. The number of alkyl halides is 1. The van der Waals surface area contributed by atoms with Crippen molar-refractivity contribution in [2.75, 3.05) is 55.4 Å². The molecule has 0 aliphatic rings. The number of methoxy groups -OCH3 is 5. The third-order valence-corrected chi connectivity index (χ3v) is 21.1. The summed E-state index contributed by atoms with van der Waals surface area (Å²) >= 11 is 5.89. The van der Waals surface area contributed by atoms with Crippen molar-refractivity contribution in [2.24, 2.45) is 0 Å². The van der Waals surface area contributed by atoms with Gasteiger partial charge in [-0.25, -0.2) is 13.2 Å². The Labute approximate surface area is 747 Å². The summed E-state index contributed by atoms with van der Waals surface area (Å²) in [5, 5.41) is 37.4. The number of aromatic hydroxyl groups is 2. The third-order valence-electron chi connectivity index (χ3n) is 20.8. The van der Waals surface area contributed by atoms with Crippen LogP contribution in [0.3, 0.4) is 0 Å². The predicted molar refractivity (Wildman–Crippen MR) is 492 cm³/mol. The molecule has 0 amide bonds. The van der Waals surface area contributed by atoms with E-state index in [0.717, 1.165) is 129 Å². The van der Waals surface area contributed by atoms with Crippen LogP contribution in [-0.4, -0.2) is 99.7 Å². The zero-order valence-electron chi connectivity index (χ0n) is 74.9. The van der Waals surface area contributed by atoms with Crippen molar-refractivity contribution in [3.63, 3.8) is 0 Å². The first-order valence-electron chi connectivity index (χ1n) is 43.4. The van der Waals surface area contributed by atoms with Crippen molar-refractivity contribution in [1.29, 1.82) is 0 Å². The van der Waals surface area contributed by atoms with E-state index in [2.05, 4.69) is 57.9 Å². The van der Waals surface area contributed by atoms with Gasteiger partial charge in [-0.1, -0.05) is 178 Å². The lowest BCUT2D eigenvalue weighted by molar-refractivity contribution is -0.142. The van der Waals surface area contributed by atoms with Gasteiger partial charge in [-0.3, -0.25) is 19.2 Å². The van der Waals surface area contributed by atoms with Gasteiger partial charge >= 0.3 is 23.9 Å². The Morgan fingerprint density at radius 2 is 0.627 bits per heavy atom. The first-order valence-corrected chi connectivity index (χ1v) is 43.9. The maximum atomic E-state index is 14.7. The van der Waals surface area contributed by atoms with Gasteiger partial charge in [0.1, 0.15) is 88.2 Å². The number of unbranched alkanes of at least 4 members (excludes halogenated alkanes) is 3. The molecule has 0 heterocycles. The number of ether oxygens (including phenoxy) is 10. The van der Waals surface area contributed by atoms with Gasteiger partial charge in [0.05, 0.1) is 81.1 Å². The van der Waals surface area contributed by atoms with Crippen molar-refractivity contribution >= 4 is 35.5 Å². The fourth-order valence-corrected chi connectivity index (χ4v) is 14.2. The van der Waals surface area contributed by atoms with Crippen molar-refractivity contribution in [3.8, 4) is 90.9 Å². The van der Waals surface area contributed by atoms with Crippen LogP contribution in [0, 0.1) is 17.5 Å². The normalized spacial score (nSPS) is 11.6. The average molecular weight is 1760 g/mol. The first kappa shape index (κ1) is 103. The second-order valence-corrected chi connectivity index (χ2v) is 30.6. The van der Waals surface area contributed by atoms with E-state index in [0.29, 0.717) is 131 Å². The Hall–Kier alpha value is -11.8. The lowest BCUT2D eigenvalue weighted by Gasteiger charge is -2.17. The number of hydrogen-bond acceptors (Lipinski definition) is 16. The summed E-state index contributed by atoms with van der Waals surface area (Å²) < 4.78 is 98.7. The first-order chi connectivity index (χ1) is 60.9. The molecule has 10 aromatic rings. The summed E-state index contributed by atoms with van der Waals surface area (Å²) in [6.45, 7) is 16.8. The fourth-order valence-electron chi connectivity index (χ4n) is 14.0. The van der Waals surface area contributed by atoms with Crippen molar-refractivity contribution < 1.29 is 100 Å². The number of carbonyl (C=O) groups excluding carboxylic acids is 2. The van der Waals surface area contributed by atoms with Gasteiger partial charge in [0.25, 0.3) is 0 Å². The molecule has 0 spiro atoms.